The van der Waals surface area contributed by atoms with E-state index in [9.17, 15) is 9.18 Å². The van der Waals surface area contributed by atoms with Crippen molar-refractivity contribution in [3.8, 4) is 17.2 Å². The molecule has 0 atom stereocenters. The van der Waals surface area contributed by atoms with E-state index in [-0.39, 0.29) is 23.2 Å². The van der Waals surface area contributed by atoms with Crippen molar-refractivity contribution >= 4 is 40.0 Å². The van der Waals surface area contributed by atoms with Gasteiger partial charge in [-0.25, -0.2) is 23.4 Å². The number of pyridine rings is 2. The van der Waals surface area contributed by atoms with Crippen LogP contribution in [0.3, 0.4) is 0 Å². The maximum Gasteiger partial charge on any atom is 0.259 e. The molecule has 1 aliphatic heterocycles. The summed E-state index contributed by atoms with van der Waals surface area (Å²) in [5.41, 5.74) is 2.60. The molecule has 0 saturated carbocycles. The summed E-state index contributed by atoms with van der Waals surface area (Å²) in [7, 11) is 3.74. The van der Waals surface area contributed by atoms with E-state index in [0.29, 0.717) is 40.5 Å². The fraction of sp³-hybridized carbons (Fsp3) is 0.211. The van der Waals surface area contributed by atoms with Gasteiger partial charge < -0.3 is 30.3 Å². The number of carbonyl (C=O) groups excluding carboxylic acids is 1. The average Bonchev–Trinajstić information content (AvgIpc) is 3.49. The molecule has 0 aliphatic carbocycles. The number of likely N-dealkylation sites (tertiary alicyclic amines) is 1. The summed E-state index contributed by atoms with van der Waals surface area (Å²) in [5.74, 6) is 0.497. The Labute approximate surface area is 293 Å². The number of hydrogen-bond donors (Lipinski definition) is 3. The minimum Gasteiger partial charge on any atom is -0.497 e. The third-order valence-electron chi connectivity index (χ3n) is 8.71. The maximum atomic E-state index is 15.7. The molecule has 51 heavy (non-hydrogen) atoms. The second-order valence-corrected chi connectivity index (χ2v) is 12.3. The summed E-state index contributed by atoms with van der Waals surface area (Å²) in [4.78, 5) is 24.3. The van der Waals surface area contributed by atoms with Crippen molar-refractivity contribution in [2.45, 2.75) is 25.4 Å². The molecule has 4 heterocycles. The minimum atomic E-state index is -0.631. The third kappa shape index (κ3) is 7.73. The number of aromatic nitrogens is 4. The number of ether oxygens (including phenoxy) is 2. The maximum absolute atomic E-state index is 15.7. The van der Waals surface area contributed by atoms with Gasteiger partial charge in [0.05, 0.1) is 19.2 Å². The molecule has 0 spiro atoms. The van der Waals surface area contributed by atoms with Crippen LogP contribution in [0.5, 0.6) is 17.2 Å². The fourth-order valence-electron chi connectivity index (χ4n) is 5.95. The molecule has 3 N–H and O–H groups in total. The van der Waals surface area contributed by atoms with Crippen molar-refractivity contribution in [2.75, 3.05) is 43.2 Å². The largest absolute Gasteiger partial charge is 0.497 e. The third-order valence-corrected chi connectivity index (χ3v) is 8.71. The van der Waals surface area contributed by atoms with Crippen molar-refractivity contribution in [2.24, 2.45) is 0 Å². The molecule has 1 fully saturated rings. The van der Waals surface area contributed by atoms with Crippen LogP contribution in [-0.2, 0) is 6.54 Å². The van der Waals surface area contributed by atoms with Crippen LogP contribution >= 0.6 is 0 Å². The van der Waals surface area contributed by atoms with Gasteiger partial charge in [0.1, 0.15) is 28.5 Å². The van der Waals surface area contributed by atoms with Crippen molar-refractivity contribution in [1.29, 1.82) is 0 Å². The second-order valence-electron chi connectivity index (χ2n) is 12.3. The van der Waals surface area contributed by atoms with Gasteiger partial charge in [-0.2, -0.15) is 5.10 Å². The van der Waals surface area contributed by atoms with Crippen LogP contribution in [0, 0.1) is 11.6 Å². The van der Waals surface area contributed by atoms with Crippen molar-refractivity contribution < 1.29 is 23.0 Å². The summed E-state index contributed by atoms with van der Waals surface area (Å²) in [6.07, 6.45) is 5.05. The quantitative estimate of drug-likeness (QED) is 0.127. The van der Waals surface area contributed by atoms with Crippen molar-refractivity contribution in [1.82, 2.24) is 24.6 Å². The lowest BCUT2D eigenvalue weighted by molar-refractivity contribution is 0.102. The first-order valence-electron chi connectivity index (χ1n) is 16.5. The second kappa shape index (κ2) is 14.8. The number of methoxy groups -OCH3 is 1. The number of nitrogens with one attached hydrogen (secondary N) is 3. The summed E-state index contributed by atoms with van der Waals surface area (Å²) in [5, 5.41) is 15.0. The zero-order valence-corrected chi connectivity index (χ0v) is 28.1. The molecule has 0 unspecified atom stereocenters. The van der Waals surface area contributed by atoms with Crippen LogP contribution in [0.4, 0.5) is 31.8 Å². The summed E-state index contributed by atoms with van der Waals surface area (Å²) in [6.45, 7) is 2.39. The Bertz CT molecular complexity index is 2150. The Balaban J connectivity index is 1.14. The lowest BCUT2D eigenvalue weighted by Crippen LogP contribution is -2.36. The molecule has 6 aromatic rings. The zero-order chi connectivity index (χ0) is 35.3. The van der Waals surface area contributed by atoms with E-state index in [2.05, 4.69) is 37.9 Å². The van der Waals surface area contributed by atoms with E-state index in [1.165, 1.54) is 42.6 Å². The lowest BCUT2D eigenvalue weighted by atomic mass is 10.1. The van der Waals surface area contributed by atoms with Gasteiger partial charge in [-0.15, -0.1) is 0 Å². The summed E-state index contributed by atoms with van der Waals surface area (Å²) in [6, 6.07) is 22.7. The van der Waals surface area contributed by atoms with Gasteiger partial charge in [0.25, 0.3) is 5.91 Å². The van der Waals surface area contributed by atoms with Gasteiger partial charge in [-0.1, -0.05) is 12.1 Å². The number of amides is 1. The van der Waals surface area contributed by atoms with E-state index >= 15 is 4.39 Å². The predicted molar refractivity (Wildman–Crippen MR) is 192 cm³/mol. The van der Waals surface area contributed by atoms with Gasteiger partial charge in [0.2, 0.25) is 0 Å². The number of benzene rings is 3. The van der Waals surface area contributed by atoms with Gasteiger partial charge in [-0.05, 0) is 99.2 Å². The number of piperidine rings is 1. The van der Waals surface area contributed by atoms with Gasteiger partial charge in [0.15, 0.2) is 23.0 Å². The molecular formula is C38H36F2N8O3. The molecule has 13 heteroatoms. The normalized spacial score (nSPS) is 13.6. The Morgan fingerprint density at radius 3 is 2.39 bits per heavy atom. The van der Waals surface area contributed by atoms with Crippen molar-refractivity contribution in [3.05, 3.63) is 120 Å². The van der Waals surface area contributed by atoms with E-state index in [1.54, 1.807) is 37.6 Å². The first kappa shape index (κ1) is 33.4. The summed E-state index contributed by atoms with van der Waals surface area (Å²) < 4.78 is 42.4. The summed E-state index contributed by atoms with van der Waals surface area (Å²) >= 11 is 0. The van der Waals surface area contributed by atoms with Crippen molar-refractivity contribution in [3.63, 3.8) is 0 Å². The number of carbonyl (C=O) groups is 1. The highest BCUT2D eigenvalue weighted by molar-refractivity contribution is 6.07. The standard InChI is InChI=1S/C38H36F2N8O3/c1-47-20-16-27(17-21-47)43-36-34-33(15-19-42-37(34)48(46-36)23-24-5-12-29(50-2)13-6-24)51-32-14-11-28(22-31(32)40)44-35-30(4-3-18-41-35)38(49)45-26-9-7-25(39)8-10-26/h3-15,18-19,22,27H,16-17,20-21,23H2,1-2H3,(H,41,44)(H,43,46)(H,45,49). The Morgan fingerprint density at radius 2 is 1.65 bits per heavy atom. The molecule has 260 valence electrons. The Hall–Kier alpha value is -6.08. The molecule has 1 amide bonds. The minimum absolute atomic E-state index is 0.00325. The molecular weight excluding hydrogens is 654 g/mol. The number of halogens is 2. The number of hydrogen-bond acceptors (Lipinski definition) is 9. The smallest absolute Gasteiger partial charge is 0.259 e. The molecule has 3 aromatic heterocycles. The molecule has 11 nitrogen and oxygen atoms in total. The van der Waals surface area contributed by atoms with Crippen LogP contribution in [-0.4, -0.2) is 63.8 Å². The topological polar surface area (TPSA) is 118 Å². The molecule has 3 aromatic carbocycles. The number of anilines is 4. The molecule has 0 bridgehead atoms. The van der Waals surface area contributed by atoms with E-state index < -0.39 is 17.5 Å². The highest BCUT2D eigenvalue weighted by atomic mass is 19.1. The predicted octanol–water partition coefficient (Wildman–Crippen LogP) is 7.46. The van der Waals surface area contributed by atoms with Crippen LogP contribution < -0.4 is 25.4 Å². The number of nitrogens with zero attached hydrogens (tertiary/aromatic N) is 5. The van der Waals surface area contributed by atoms with Crippen LogP contribution in [0.25, 0.3) is 11.0 Å². The molecule has 1 aliphatic rings. The van der Waals surface area contributed by atoms with E-state index in [4.69, 9.17) is 14.6 Å². The first-order valence-corrected chi connectivity index (χ1v) is 16.5. The van der Waals surface area contributed by atoms with Crippen LogP contribution in [0.2, 0.25) is 0 Å². The monoisotopic (exact) mass is 690 g/mol. The van der Waals surface area contributed by atoms with E-state index in [1.807, 2.05) is 28.9 Å². The highest BCUT2D eigenvalue weighted by Crippen LogP contribution is 2.37. The fourth-order valence-corrected chi connectivity index (χ4v) is 5.95. The first-order chi connectivity index (χ1) is 24.8. The SMILES string of the molecule is COc1ccc(Cn2nc(NC3CCN(C)CC3)c3c(Oc4ccc(Nc5ncccc5C(=O)Nc5ccc(F)cc5)cc4F)ccnc32)cc1. The number of rotatable bonds is 11. The molecule has 1 saturated heterocycles. The average molecular weight is 691 g/mol. The van der Waals surface area contributed by atoms with Gasteiger partial charge in [0, 0.05) is 41.9 Å². The van der Waals surface area contributed by atoms with Gasteiger partial charge >= 0.3 is 0 Å². The van der Waals surface area contributed by atoms with Crippen LogP contribution in [0.15, 0.2) is 97.3 Å². The van der Waals surface area contributed by atoms with E-state index in [0.717, 1.165) is 37.2 Å². The molecule has 0 radical (unpaired) electrons. The lowest BCUT2D eigenvalue weighted by Gasteiger charge is -2.29. The van der Waals surface area contributed by atoms with Crippen LogP contribution in [0.1, 0.15) is 28.8 Å². The highest BCUT2D eigenvalue weighted by Gasteiger charge is 2.23. The Morgan fingerprint density at radius 1 is 0.882 bits per heavy atom. The zero-order valence-electron chi connectivity index (χ0n) is 28.1. The molecule has 7 rings (SSSR count). The number of fused-ring (bicyclic) bond motifs is 1. The Kier molecular flexibility index (Phi) is 9.70. The van der Waals surface area contributed by atoms with Gasteiger partial charge in [-0.3, -0.25) is 4.79 Å².